The molecular weight excluding hydrogens is 239 g/mol. The second kappa shape index (κ2) is 5.91. The molecule has 1 atom stereocenters. The van der Waals surface area contributed by atoms with Crippen LogP contribution in [0.25, 0.3) is 0 Å². The summed E-state index contributed by atoms with van der Waals surface area (Å²) in [6, 6.07) is 4.18. The average molecular weight is 256 g/mol. The molecule has 0 bridgehead atoms. The van der Waals surface area contributed by atoms with Crippen LogP contribution in [-0.2, 0) is 0 Å². The van der Waals surface area contributed by atoms with Crippen molar-refractivity contribution in [3.8, 4) is 0 Å². The van der Waals surface area contributed by atoms with E-state index in [1.54, 1.807) is 23.7 Å². The Morgan fingerprint density at radius 2 is 2.24 bits per heavy atom. The highest BCUT2D eigenvalue weighted by atomic mass is 32.2. The van der Waals surface area contributed by atoms with Crippen LogP contribution in [-0.4, -0.2) is 35.9 Å². The molecule has 94 valence electrons. The number of hydrogen-bond acceptors (Lipinski definition) is 3. The van der Waals surface area contributed by atoms with Gasteiger partial charge in [0.15, 0.2) is 0 Å². The lowest BCUT2D eigenvalue weighted by Crippen LogP contribution is -2.36. The summed E-state index contributed by atoms with van der Waals surface area (Å²) >= 11 is 1.68. The molecule has 0 fully saturated rings. The van der Waals surface area contributed by atoms with Crippen molar-refractivity contribution in [2.24, 2.45) is 0 Å². The van der Waals surface area contributed by atoms with Crippen LogP contribution < -0.4 is 5.73 Å². The molecule has 0 saturated heterocycles. The average Bonchev–Trinajstić information content (AvgIpc) is 2.31. The van der Waals surface area contributed by atoms with Crippen molar-refractivity contribution >= 4 is 23.4 Å². The lowest BCUT2D eigenvalue weighted by atomic mass is 10.1. The van der Waals surface area contributed by atoms with Gasteiger partial charge in [0.05, 0.1) is 5.69 Å². The molecule has 0 spiro atoms. The summed E-state index contributed by atoms with van der Waals surface area (Å²) in [5.74, 6) is 0.221. The first-order valence-electron chi connectivity index (χ1n) is 5.28. The Labute approximate surface area is 105 Å². The third kappa shape index (κ3) is 3.36. The Bertz CT molecular complexity index is 411. The number of nitrogens with zero attached hydrogens (tertiary/aromatic N) is 1. The number of nitrogen functional groups attached to an aromatic ring is 1. The maximum atomic E-state index is 13.0. The number of hydrogen-bond donors (Lipinski definition) is 1. The van der Waals surface area contributed by atoms with Gasteiger partial charge in [0.2, 0.25) is 0 Å². The van der Waals surface area contributed by atoms with Crippen LogP contribution in [0.2, 0.25) is 0 Å². The Morgan fingerprint density at radius 3 is 2.76 bits per heavy atom. The molecule has 0 heterocycles. The first kappa shape index (κ1) is 13.8. The minimum absolute atomic E-state index is 0.00164. The number of benzene rings is 1. The van der Waals surface area contributed by atoms with Gasteiger partial charge in [-0.3, -0.25) is 4.79 Å². The minimum atomic E-state index is -0.499. The Hall–Kier alpha value is -1.23. The number of rotatable bonds is 4. The highest BCUT2D eigenvalue weighted by Gasteiger charge is 2.17. The number of carbonyl (C=O) groups excluding carboxylic acids is 1. The van der Waals surface area contributed by atoms with Gasteiger partial charge >= 0.3 is 0 Å². The summed E-state index contributed by atoms with van der Waals surface area (Å²) in [4.78, 5) is 13.7. The number of halogens is 1. The van der Waals surface area contributed by atoms with Gasteiger partial charge in [-0.25, -0.2) is 4.39 Å². The smallest absolute Gasteiger partial charge is 0.253 e. The number of carbonyl (C=O) groups is 1. The molecule has 1 rings (SSSR count). The molecule has 0 aliphatic rings. The standard InChI is InChI=1S/C12H17FN2OS/c1-8(7-17-3)15(2)12(16)9-4-5-10(13)11(14)6-9/h4-6,8H,7,14H2,1-3H3. The van der Waals surface area contributed by atoms with E-state index < -0.39 is 5.82 Å². The van der Waals surface area contributed by atoms with E-state index in [-0.39, 0.29) is 17.6 Å². The molecule has 0 aliphatic heterocycles. The zero-order valence-corrected chi connectivity index (χ0v) is 11.1. The Morgan fingerprint density at radius 1 is 1.59 bits per heavy atom. The summed E-state index contributed by atoms with van der Waals surface area (Å²) in [5.41, 5.74) is 5.86. The molecule has 0 aromatic heterocycles. The highest BCUT2D eigenvalue weighted by molar-refractivity contribution is 7.98. The monoisotopic (exact) mass is 256 g/mol. The first-order valence-corrected chi connectivity index (χ1v) is 6.68. The molecule has 5 heteroatoms. The van der Waals surface area contributed by atoms with Crippen LogP contribution >= 0.6 is 11.8 Å². The molecule has 1 aromatic carbocycles. The Balaban J connectivity index is 2.85. The summed E-state index contributed by atoms with van der Waals surface area (Å²) in [6.07, 6.45) is 1.99. The van der Waals surface area contributed by atoms with Crippen LogP contribution in [0.1, 0.15) is 17.3 Å². The molecule has 0 radical (unpaired) electrons. The van der Waals surface area contributed by atoms with Gasteiger partial charge in [0.25, 0.3) is 5.91 Å². The zero-order chi connectivity index (χ0) is 13.0. The van der Waals surface area contributed by atoms with Crippen molar-refractivity contribution in [2.75, 3.05) is 24.8 Å². The SMILES string of the molecule is CSCC(C)N(C)C(=O)c1ccc(F)c(N)c1. The summed E-state index contributed by atoms with van der Waals surface area (Å²) in [7, 11) is 1.74. The largest absolute Gasteiger partial charge is 0.396 e. The molecule has 2 N–H and O–H groups in total. The number of thioether (sulfide) groups is 1. The molecule has 1 amide bonds. The maximum absolute atomic E-state index is 13.0. The van der Waals surface area contributed by atoms with Gasteiger partial charge < -0.3 is 10.6 Å². The maximum Gasteiger partial charge on any atom is 0.253 e. The van der Waals surface area contributed by atoms with Crippen LogP contribution in [0.3, 0.4) is 0 Å². The normalized spacial score (nSPS) is 12.2. The van der Waals surface area contributed by atoms with E-state index in [1.165, 1.54) is 18.2 Å². The summed E-state index contributed by atoms with van der Waals surface area (Å²) in [5, 5.41) is 0. The van der Waals surface area contributed by atoms with Crippen LogP contribution in [0.4, 0.5) is 10.1 Å². The van der Waals surface area contributed by atoms with Crippen molar-refractivity contribution in [3.05, 3.63) is 29.6 Å². The fourth-order valence-electron chi connectivity index (χ4n) is 1.43. The lowest BCUT2D eigenvalue weighted by Gasteiger charge is -2.24. The van der Waals surface area contributed by atoms with E-state index in [4.69, 9.17) is 5.73 Å². The van der Waals surface area contributed by atoms with Crippen LogP contribution in [0.15, 0.2) is 18.2 Å². The predicted molar refractivity (Wildman–Crippen MR) is 70.7 cm³/mol. The molecule has 1 unspecified atom stereocenters. The van der Waals surface area contributed by atoms with Crippen LogP contribution in [0, 0.1) is 5.82 Å². The lowest BCUT2D eigenvalue weighted by molar-refractivity contribution is 0.0757. The van der Waals surface area contributed by atoms with Crippen molar-refractivity contribution < 1.29 is 9.18 Å². The van der Waals surface area contributed by atoms with E-state index in [0.29, 0.717) is 5.56 Å². The van der Waals surface area contributed by atoms with E-state index in [2.05, 4.69) is 0 Å². The quantitative estimate of drug-likeness (QED) is 0.840. The second-order valence-electron chi connectivity index (χ2n) is 3.96. The van der Waals surface area contributed by atoms with Crippen molar-refractivity contribution in [2.45, 2.75) is 13.0 Å². The molecule has 17 heavy (non-hydrogen) atoms. The van der Waals surface area contributed by atoms with E-state index >= 15 is 0 Å². The van der Waals surface area contributed by atoms with Crippen molar-refractivity contribution in [1.82, 2.24) is 4.90 Å². The molecule has 0 aliphatic carbocycles. The minimum Gasteiger partial charge on any atom is -0.396 e. The first-order chi connectivity index (χ1) is 7.97. The van der Waals surface area contributed by atoms with Gasteiger partial charge in [-0.15, -0.1) is 0 Å². The number of anilines is 1. The number of amides is 1. The van der Waals surface area contributed by atoms with E-state index in [9.17, 15) is 9.18 Å². The van der Waals surface area contributed by atoms with Gasteiger partial charge in [-0.1, -0.05) is 0 Å². The molecule has 0 saturated carbocycles. The zero-order valence-electron chi connectivity index (χ0n) is 10.2. The predicted octanol–water partition coefficient (Wildman–Crippen LogP) is 2.23. The molecule has 1 aromatic rings. The molecule has 3 nitrogen and oxygen atoms in total. The fourth-order valence-corrected chi connectivity index (χ4v) is 2.14. The summed E-state index contributed by atoms with van der Waals surface area (Å²) < 4.78 is 13.0. The third-order valence-electron chi connectivity index (χ3n) is 2.63. The second-order valence-corrected chi connectivity index (χ2v) is 4.87. The highest BCUT2D eigenvalue weighted by Crippen LogP contribution is 2.15. The van der Waals surface area contributed by atoms with Crippen molar-refractivity contribution in [3.63, 3.8) is 0 Å². The number of nitrogens with two attached hydrogens (primary N) is 1. The topological polar surface area (TPSA) is 46.3 Å². The van der Waals surface area contributed by atoms with Gasteiger partial charge in [0, 0.05) is 24.4 Å². The van der Waals surface area contributed by atoms with E-state index in [0.717, 1.165) is 5.75 Å². The third-order valence-corrected chi connectivity index (χ3v) is 3.45. The molecular formula is C12H17FN2OS. The van der Waals surface area contributed by atoms with Gasteiger partial charge in [0.1, 0.15) is 5.82 Å². The van der Waals surface area contributed by atoms with E-state index in [1.807, 2.05) is 13.2 Å². The van der Waals surface area contributed by atoms with Gasteiger partial charge in [-0.05, 0) is 31.4 Å². The van der Waals surface area contributed by atoms with Crippen molar-refractivity contribution in [1.29, 1.82) is 0 Å². The fraction of sp³-hybridized carbons (Fsp3) is 0.417. The Kier molecular flexibility index (Phi) is 4.81. The van der Waals surface area contributed by atoms with Gasteiger partial charge in [-0.2, -0.15) is 11.8 Å². The summed E-state index contributed by atoms with van der Waals surface area (Å²) in [6.45, 7) is 1.97. The van der Waals surface area contributed by atoms with Crippen LogP contribution in [0.5, 0.6) is 0 Å².